The van der Waals surface area contributed by atoms with Gasteiger partial charge in [-0.1, -0.05) is 0 Å². The van der Waals surface area contributed by atoms with Crippen LogP contribution in [0, 0.1) is 0 Å². The maximum absolute atomic E-state index is 0. The predicted octanol–water partition coefficient (Wildman–Crippen LogP) is -1.07. The van der Waals surface area contributed by atoms with Gasteiger partial charge in [-0.2, -0.15) is 0 Å². The summed E-state index contributed by atoms with van der Waals surface area (Å²) in [5.74, 6) is 0. The molecule has 0 saturated heterocycles. The van der Waals surface area contributed by atoms with E-state index in [2.05, 4.69) is 0 Å². The Morgan fingerprint density at radius 1 is 0.375 bits per heavy atom. The molecule has 0 aliphatic rings. The maximum Gasteiger partial charge on any atom is 4.00 e. The van der Waals surface area contributed by atoms with Crippen molar-refractivity contribution in [3.63, 3.8) is 0 Å². The smallest absolute Gasteiger partial charge is 0.870 e. The van der Waals surface area contributed by atoms with Crippen LogP contribution in [0.4, 0.5) is 0 Å². The molecule has 8 heteroatoms. The topological polar surface area (TPSA) is 180 Å². The maximum atomic E-state index is 0. The standard InChI is InChI=1S/Mn.Mo.6H2O/h;;6*1H2/q+2;+4;;;;;;/p-6. The van der Waals surface area contributed by atoms with Gasteiger partial charge in [-0.25, -0.2) is 0 Å². The van der Waals surface area contributed by atoms with Gasteiger partial charge >= 0.3 is 38.1 Å². The van der Waals surface area contributed by atoms with Crippen molar-refractivity contribution < 1.29 is 71.0 Å². The Hall–Kier alpha value is 0.968. The molecule has 0 bridgehead atoms. The van der Waals surface area contributed by atoms with Crippen molar-refractivity contribution in [3.8, 4) is 0 Å². The molecule has 6 N–H and O–H groups in total. The molecule has 0 saturated carbocycles. The fourth-order valence-electron chi connectivity index (χ4n) is 0. The van der Waals surface area contributed by atoms with E-state index >= 15 is 0 Å². The first-order chi connectivity index (χ1) is 0. The molecule has 0 aromatic rings. The molecule has 0 aromatic carbocycles. The molecule has 55 valence electrons. The zero-order chi connectivity index (χ0) is 0. The van der Waals surface area contributed by atoms with Crippen LogP contribution in [0.15, 0.2) is 0 Å². The third-order valence-corrected chi connectivity index (χ3v) is 0. The summed E-state index contributed by atoms with van der Waals surface area (Å²) in [5.41, 5.74) is 0. The molecule has 6 nitrogen and oxygen atoms in total. The number of hydrogen-bond acceptors (Lipinski definition) is 6. The fraction of sp³-hybridized carbons (Fsp3) is 0. The minimum Gasteiger partial charge on any atom is -0.870 e. The van der Waals surface area contributed by atoms with E-state index in [1.54, 1.807) is 0 Å². The number of rotatable bonds is 0. The molecule has 0 unspecified atom stereocenters. The largest absolute Gasteiger partial charge is 4.00 e. The summed E-state index contributed by atoms with van der Waals surface area (Å²) in [7, 11) is 0. The van der Waals surface area contributed by atoms with Crippen LogP contribution in [0.25, 0.3) is 0 Å². The molecule has 0 spiro atoms. The minimum atomic E-state index is 0. The Balaban J connectivity index is 0. The molecule has 0 atom stereocenters. The zero-order valence-electron chi connectivity index (χ0n) is 3.47. The Morgan fingerprint density at radius 3 is 0.375 bits per heavy atom. The molecule has 0 rings (SSSR count). The zero-order valence-corrected chi connectivity index (χ0v) is 6.66. The summed E-state index contributed by atoms with van der Waals surface area (Å²) in [5, 5.41) is 0. The first-order valence-corrected chi connectivity index (χ1v) is 0. The van der Waals surface area contributed by atoms with Crippen LogP contribution in [0.3, 0.4) is 0 Å². The summed E-state index contributed by atoms with van der Waals surface area (Å²) in [6, 6.07) is 0. The molecule has 8 heavy (non-hydrogen) atoms. The Labute approximate surface area is 71.2 Å². The van der Waals surface area contributed by atoms with Gasteiger partial charge in [0.1, 0.15) is 0 Å². The Bertz CT molecular complexity index is 8.49. The van der Waals surface area contributed by atoms with Gasteiger partial charge in [-0.05, 0) is 0 Å². The van der Waals surface area contributed by atoms with E-state index in [-0.39, 0.29) is 71.0 Å². The fourth-order valence-corrected chi connectivity index (χ4v) is 0. The van der Waals surface area contributed by atoms with Gasteiger partial charge in [0.2, 0.25) is 0 Å². The van der Waals surface area contributed by atoms with Crippen LogP contribution in [-0.2, 0) is 38.1 Å². The van der Waals surface area contributed by atoms with Gasteiger partial charge < -0.3 is 32.9 Å². The van der Waals surface area contributed by atoms with Crippen molar-refractivity contribution in [3.05, 3.63) is 0 Å². The van der Waals surface area contributed by atoms with Crippen LogP contribution in [0.2, 0.25) is 0 Å². The van der Waals surface area contributed by atoms with Crippen LogP contribution < -0.4 is 0 Å². The molecular formula is H6MnMoO6. The third kappa shape index (κ3) is 265. The monoisotopic (exact) mass is 255 g/mol. The molecular weight excluding hydrogens is 247 g/mol. The van der Waals surface area contributed by atoms with Gasteiger partial charge in [0.25, 0.3) is 0 Å². The van der Waals surface area contributed by atoms with Crippen molar-refractivity contribution in [2.45, 2.75) is 0 Å². The van der Waals surface area contributed by atoms with Gasteiger partial charge in [0.05, 0.1) is 0 Å². The van der Waals surface area contributed by atoms with Gasteiger partial charge in [0, 0.05) is 0 Å². The summed E-state index contributed by atoms with van der Waals surface area (Å²) in [6.45, 7) is 0. The predicted molar refractivity (Wildman–Crippen MR) is 11.6 cm³/mol. The molecule has 0 fully saturated rings. The second kappa shape index (κ2) is 413. The molecule has 1 radical (unpaired) electrons. The van der Waals surface area contributed by atoms with Crippen LogP contribution >= 0.6 is 0 Å². The van der Waals surface area contributed by atoms with Gasteiger partial charge in [-0.15, -0.1) is 0 Å². The van der Waals surface area contributed by atoms with E-state index in [1.807, 2.05) is 0 Å². The van der Waals surface area contributed by atoms with Crippen molar-refractivity contribution in [2.24, 2.45) is 0 Å². The van der Waals surface area contributed by atoms with E-state index in [0.717, 1.165) is 0 Å². The Morgan fingerprint density at radius 2 is 0.375 bits per heavy atom. The second-order valence-corrected chi connectivity index (χ2v) is 0. The second-order valence-electron chi connectivity index (χ2n) is 0. The van der Waals surface area contributed by atoms with Crippen molar-refractivity contribution in [2.75, 3.05) is 0 Å². The van der Waals surface area contributed by atoms with E-state index in [9.17, 15) is 0 Å². The summed E-state index contributed by atoms with van der Waals surface area (Å²) >= 11 is 0. The van der Waals surface area contributed by atoms with E-state index in [4.69, 9.17) is 0 Å². The van der Waals surface area contributed by atoms with Crippen molar-refractivity contribution >= 4 is 0 Å². The molecule has 0 aromatic heterocycles. The molecule has 0 aliphatic heterocycles. The van der Waals surface area contributed by atoms with Crippen LogP contribution in [0.1, 0.15) is 0 Å². The normalized spacial score (nSPS) is 0. The van der Waals surface area contributed by atoms with Crippen LogP contribution in [-0.4, -0.2) is 32.9 Å². The van der Waals surface area contributed by atoms with Crippen LogP contribution in [0.5, 0.6) is 0 Å². The summed E-state index contributed by atoms with van der Waals surface area (Å²) < 4.78 is 0. The van der Waals surface area contributed by atoms with Gasteiger partial charge in [0.15, 0.2) is 0 Å². The molecule has 0 aliphatic carbocycles. The SMILES string of the molecule is [Mn+2].[Mo+4].[OH-].[OH-].[OH-].[OH-].[OH-].[OH-]. The third-order valence-electron chi connectivity index (χ3n) is 0. The van der Waals surface area contributed by atoms with Crippen molar-refractivity contribution in [1.29, 1.82) is 0 Å². The molecule has 0 amide bonds. The Kier molecular flexibility index (Phi) is 31400. The average molecular weight is 253 g/mol. The minimum absolute atomic E-state index is 0. The first-order valence-electron chi connectivity index (χ1n) is 0. The van der Waals surface area contributed by atoms with Crippen molar-refractivity contribution in [1.82, 2.24) is 0 Å². The van der Waals surface area contributed by atoms with E-state index in [1.165, 1.54) is 0 Å². The van der Waals surface area contributed by atoms with Gasteiger partial charge in [-0.3, -0.25) is 0 Å². The molecule has 0 heterocycles. The summed E-state index contributed by atoms with van der Waals surface area (Å²) in [6.07, 6.45) is 0. The van der Waals surface area contributed by atoms with E-state index in [0.29, 0.717) is 0 Å². The van der Waals surface area contributed by atoms with E-state index < -0.39 is 0 Å². The summed E-state index contributed by atoms with van der Waals surface area (Å²) in [4.78, 5) is 0. The first kappa shape index (κ1) is 608. The average Bonchev–Trinajstić information content (AvgIpc) is 0. The number of hydrogen-bond donors (Lipinski definition) is 0. The quantitative estimate of drug-likeness (QED) is 0.495.